The van der Waals surface area contributed by atoms with Crippen LogP contribution in [-0.4, -0.2) is 20.6 Å². The Morgan fingerprint density at radius 2 is 2.00 bits per heavy atom. The van der Waals surface area contributed by atoms with Gasteiger partial charge >= 0.3 is 0 Å². The Bertz CT molecular complexity index is 484. The first-order chi connectivity index (χ1) is 8.83. The molecule has 0 fully saturated rings. The van der Waals surface area contributed by atoms with E-state index in [1.165, 1.54) is 12.8 Å². The maximum Gasteiger partial charge on any atom is 0.220 e. The zero-order valence-electron chi connectivity index (χ0n) is 10.2. The molecule has 6 heteroatoms. The van der Waals surface area contributed by atoms with Crippen molar-refractivity contribution in [2.45, 2.75) is 24.9 Å². The summed E-state index contributed by atoms with van der Waals surface area (Å²) in [5, 5.41) is 9.00. The van der Waals surface area contributed by atoms with E-state index in [2.05, 4.69) is 17.1 Å². The summed E-state index contributed by atoms with van der Waals surface area (Å²) in [4.78, 5) is 0. The van der Waals surface area contributed by atoms with Crippen LogP contribution < -0.4 is 5.84 Å². The molecule has 0 aliphatic rings. The fourth-order valence-corrected chi connectivity index (χ4v) is 3.51. The largest absolute Gasteiger partial charge is 0.335 e. The predicted octanol–water partition coefficient (Wildman–Crippen LogP) is 3.20. The van der Waals surface area contributed by atoms with Crippen molar-refractivity contribution >= 4 is 21.6 Å². The van der Waals surface area contributed by atoms with E-state index in [0.717, 1.165) is 16.5 Å². The third kappa shape index (κ3) is 3.20. The minimum absolute atomic E-state index is 0.703. The van der Waals surface area contributed by atoms with Crippen molar-refractivity contribution in [3.05, 3.63) is 30.3 Å². The molecule has 0 aliphatic heterocycles. The maximum atomic E-state index is 6.01. The van der Waals surface area contributed by atoms with Gasteiger partial charge < -0.3 is 5.84 Å². The van der Waals surface area contributed by atoms with Crippen LogP contribution in [0.2, 0.25) is 0 Å². The van der Waals surface area contributed by atoms with Crippen LogP contribution in [0.5, 0.6) is 0 Å². The summed E-state index contributed by atoms with van der Waals surface area (Å²) in [6, 6.07) is 9.86. The molecule has 0 spiro atoms. The molecule has 1 aromatic heterocycles. The molecular weight excluding hydrogens is 264 g/mol. The van der Waals surface area contributed by atoms with Gasteiger partial charge in [0.25, 0.3) is 0 Å². The Morgan fingerprint density at radius 1 is 1.22 bits per heavy atom. The molecule has 4 nitrogen and oxygen atoms in total. The Labute approximate surface area is 115 Å². The number of benzene rings is 1. The average molecular weight is 280 g/mol. The molecule has 0 atom stereocenters. The average Bonchev–Trinajstić information content (AvgIpc) is 2.77. The molecular formula is C12H16N4S2. The van der Waals surface area contributed by atoms with Crippen LogP contribution in [-0.2, 0) is 0 Å². The molecule has 2 aromatic rings. The van der Waals surface area contributed by atoms with Gasteiger partial charge in [-0.15, -0.1) is 10.2 Å². The Hall–Kier alpha value is -1.14. The molecule has 2 rings (SSSR count). The first kappa shape index (κ1) is 13.3. The second-order valence-electron chi connectivity index (χ2n) is 3.80. The second-order valence-corrected chi connectivity index (χ2v) is 6.18. The van der Waals surface area contributed by atoms with Crippen molar-refractivity contribution < 1.29 is 0 Å². The number of hydrogen-bond donors (Lipinski definition) is 1. The lowest BCUT2D eigenvalue weighted by molar-refractivity contribution is 0.854. The van der Waals surface area contributed by atoms with Gasteiger partial charge in [-0.2, -0.15) is 0 Å². The van der Waals surface area contributed by atoms with Gasteiger partial charge in [0.05, 0.1) is 0 Å². The summed E-state index contributed by atoms with van der Waals surface area (Å²) < 4.78 is 1.55. The highest BCUT2D eigenvalue weighted by molar-refractivity contribution is 8.76. The monoisotopic (exact) mass is 280 g/mol. The van der Waals surface area contributed by atoms with Gasteiger partial charge in [0, 0.05) is 11.3 Å². The van der Waals surface area contributed by atoms with E-state index in [9.17, 15) is 0 Å². The molecule has 18 heavy (non-hydrogen) atoms. The predicted molar refractivity (Wildman–Crippen MR) is 78.8 cm³/mol. The van der Waals surface area contributed by atoms with Gasteiger partial charge in [0.2, 0.25) is 5.16 Å². The van der Waals surface area contributed by atoms with Crippen molar-refractivity contribution in [2.75, 3.05) is 11.6 Å². The lowest BCUT2D eigenvalue weighted by atomic mass is 10.2. The normalized spacial score (nSPS) is 10.7. The zero-order chi connectivity index (χ0) is 12.8. The Balaban J connectivity index is 2.05. The molecule has 0 amide bonds. The van der Waals surface area contributed by atoms with Crippen LogP contribution in [0.15, 0.2) is 35.5 Å². The molecule has 0 saturated heterocycles. The molecule has 2 N–H and O–H groups in total. The third-order valence-electron chi connectivity index (χ3n) is 2.41. The van der Waals surface area contributed by atoms with E-state index in [1.54, 1.807) is 26.3 Å². The maximum absolute atomic E-state index is 6.01. The number of nitrogen functional groups attached to an aromatic ring is 1. The third-order valence-corrected chi connectivity index (χ3v) is 4.71. The topological polar surface area (TPSA) is 56.7 Å². The molecule has 0 unspecified atom stereocenters. The van der Waals surface area contributed by atoms with Gasteiger partial charge in [-0.1, -0.05) is 54.5 Å². The minimum Gasteiger partial charge on any atom is -0.335 e. The van der Waals surface area contributed by atoms with Crippen LogP contribution >= 0.6 is 21.6 Å². The van der Waals surface area contributed by atoms with Crippen molar-refractivity contribution in [1.29, 1.82) is 0 Å². The number of aromatic nitrogens is 3. The van der Waals surface area contributed by atoms with Crippen LogP contribution in [0.4, 0.5) is 0 Å². The molecule has 1 heterocycles. The summed E-state index contributed by atoms with van der Waals surface area (Å²) >= 11 is 0. The highest BCUT2D eigenvalue weighted by Gasteiger charge is 2.11. The molecule has 1 aromatic carbocycles. The Kier molecular flexibility index (Phi) is 4.95. The number of nitrogens with two attached hydrogens (primary N) is 1. The highest BCUT2D eigenvalue weighted by Crippen LogP contribution is 2.31. The van der Waals surface area contributed by atoms with Crippen molar-refractivity contribution in [3.63, 3.8) is 0 Å². The van der Waals surface area contributed by atoms with E-state index >= 15 is 0 Å². The van der Waals surface area contributed by atoms with Crippen molar-refractivity contribution in [3.8, 4) is 11.4 Å². The summed E-state index contributed by atoms with van der Waals surface area (Å²) in [6.07, 6.45) is 2.42. The standard InChI is InChI=1S/C12H16N4S2/c1-2-3-9-17-18-12-15-14-11(16(12)13)10-7-5-4-6-8-10/h4-8H,2-3,9,13H2,1H3. The SMILES string of the molecule is CCCCSSc1nnc(-c2ccccc2)n1N. The van der Waals surface area contributed by atoms with Crippen molar-refractivity contribution in [2.24, 2.45) is 0 Å². The summed E-state index contributed by atoms with van der Waals surface area (Å²) in [5.41, 5.74) is 0.984. The summed E-state index contributed by atoms with van der Waals surface area (Å²) in [5.74, 6) is 7.82. The quantitative estimate of drug-likeness (QED) is 0.500. The fourth-order valence-electron chi connectivity index (χ4n) is 1.42. The first-order valence-electron chi connectivity index (χ1n) is 5.88. The van der Waals surface area contributed by atoms with Crippen LogP contribution in [0.1, 0.15) is 19.8 Å². The van der Waals surface area contributed by atoms with Gasteiger partial charge in [0.1, 0.15) is 0 Å². The highest BCUT2D eigenvalue weighted by atomic mass is 33.1. The second kappa shape index (κ2) is 6.70. The van der Waals surface area contributed by atoms with E-state index in [0.29, 0.717) is 5.82 Å². The molecule has 0 aliphatic carbocycles. The lowest BCUT2D eigenvalue weighted by Gasteiger charge is -2.02. The van der Waals surface area contributed by atoms with E-state index < -0.39 is 0 Å². The van der Waals surface area contributed by atoms with E-state index in [1.807, 2.05) is 30.3 Å². The van der Waals surface area contributed by atoms with Crippen molar-refractivity contribution in [1.82, 2.24) is 14.9 Å². The molecule has 0 radical (unpaired) electrons. The summed E-state index contributed by atoms with van der Waals surface area (Å²) in [6.45, 7) is 2.18. The van der Waals surface area contributed by atoms with E-state index in [-0.39, 0.29) is 0 Å². The van der Waals surface area contributed by atoms with Gasteiger partial charge in [-0.25, -0.2) is 4.68 Å². The smallest absolute Gasteiger partial charge is 0.220 e. The number of unbranched alkanes of at least 4 members (excludes halogenated alkanes) is 1. The zero-order valence-corrected chi connectivity index (χ0v) is 11.9. The molecule has 0 bridgehead atoms. The van der Waals surface area contributed by atoms with Crippen LogP contribution in [0, 0.1) is 0 Å². The van der Waals surface area contributed by atoms with Gasteiger partial charge in [-0.05, 0) is 17.2 Å². The lowest BCUT2D eigenvalue weighted by Crippen LogP contribution is -2.11. The fraction of sp³-hybridized carbons (Fsp3) is 0.333. The van der Waals surface area contributed by atoms with Gasteiger partial charge in [0.15, 0.2) is 5.82 Å². The minimum atomic E-state index is 0.703. The van der Waals surface area contributed by atoms with Crippen LogP contribution in [0.25, 0.3) is 11.4 Å². The molecule has 0 saturated carbocycles. The number of rotatable bonds is 6. The van der Waals surface area contributed by atoms with E-state index in [4.69, 9.17) is 5.84 Å². The molecule has 96 valence electrons. The first-order valence-corrected chi connectivity index (χ1v) is 8.20. The number of nitrogens with zero attached hydrogens (tertiary/aromatic N) is 3. The summed E-state index contributed by atoms with van der Waals surface area (Å²) in [7, 11) is 3.35. The Morgan fingerprint density at radius 3 is 2.72 bits per heavy atom. The van der Waals surface area contributed by atoms with Gasteiger partial charge in [-0.3, -0.25) is 0 Å². The number of hydrogen-bond acceptors (Lipinski definition) is 5. The van der Waals surface area contributed by atoms with Crippen LogP contribution in [0.3, 0.4) is 0 Å².